The Balaban J connectivity index is 1.89. The summed E-state index contributed by atoms with van der Waals surface area (Å²) in [6.07, 6.45) is 1.69. The van der Waals surface area contributed by atoms with Gasteiger partial charge < -0.3 is 5.32 Å². The number of nitrogens with zero attached hydrogens (tertiary/aromatic N) is 3. The molecule has 1 aromatic carbocycles. The first-order valence-electron chi connectivity index (χ1n) is 7.10. The summed E-state index contributed by atoms with van der Waals surface area (Å²) in [4.78, 5) is 20.6. The zero-order valence-electron chi connectivity index (χ0n) is 11.7. The third kappa shape index (κ3) is 1.99. The van der Waals surface area contributed by atoms with E-state index in [9.17, 15) is 4.79 Å². The highest BCUT2D eigenvalue weighted by molar-refractivity contribution is 7.80. The lowest BCUT2D eigenvalue weighted by Crippen LogP contribution is -2.18. The van der Waals surface area contributed by atoms with Gasteiger partial charge in [-0.3, -0.25) is 9.36 Å². The number of anilines is 1. The van der Waals surface area contributed by atoms with Crippen molar-refractivity contribution in [3.8, 4) is 0 Å². The Labute approximate surface area is 132 Å². The minimum atomic E-state index is -0.252. The van der Waals surface area contributed by atoms with Crippen molar-refractivity contribution >= 4 is 29.6 Å². The normalized spacial score (nSPS) is 18.0. The summed E-state index contributed by atoms with van der Waals surface area (Å²) >= 11 is 4.80. The number of rotatable bonds is 2. The van der Waals surface area contributed by atoms with Crippen LogP contribution in [0.4, 0.5) is 5.95 Å². The highest BCUT2D eigenvalue weighted by Gasteiger charge is 2.31. The van der Waals surface area contributed by atoms with E-state index < -0.39 is 0 Å². The number of benzene rings is 1. The van der Waals surface area contributed by atoms with Crippen LogP contribution in [0.1, 0.15) is 16.9 Å². The Morgan fingerprint density at radius 1 is 1.23 bits per heavy atom. The molecule has 0 saturated heterocycles. The summed E-state index contributed by atoms with van der Waals surface area (Å²) in [6.45, 7) is 0.672. The lowest BCUT2D eigenvalue weighted by Gasteiger charge is -2.21. The third-order valence-corrected chi connectivity index (χ3v) is 4.63. The minimum absolute atomic E-state index is 0.00976. The summed E-state index contributed by atoms with van der Waals surface area (Å²) < 4.78 is 1.99. The zero-order chi connectivity index (χ0) is 15.1. The molecule has 3 heterocycles. The molecule has 1 aliphatic heterocycles. The second-order valence-corrected chi connectivity index (χ2v) is 5.85. The largest absolute Gasteiger partial charge is 0.353 e. The predicted molar refractivity (Wildman–Crippen MR) is 89.5 cm³/mol. The Hall–Kier alpha value is -2.34. The number of pyridine rings is 1. The molecule has 0 spiro atoms. The molecule has 5 nitrogen and oxygen atoms in total. The van der Waals surface area contributed by atoms with Crippen LogP contribution in [0, 0.1) is 0 Å². The zero-order valence-corrected chi connectivity index (χ0v) is 12.6. The number of hydrogen-bond donors (Lipinski definition) is 2. The molecule has 22 heavy (non-hydrogen) atoms. The summed E-state index contributed by atoms with van der Waals surface area (Å²) in [5, 5.41) is 3.72. The summed E-state index contributed by atoms with van der Waals surface area (Å²) in [5.41, 5.74) is 1.54. The van der Waals surface area contributed by atoms with Crippen LogP contribution in [0.5, 0.6) is 0 Å². The molecule has 0 radical (unpaired) electrons. The molecular formula is C16H14N4OS. The van der Waals surface area contributed by atoms with Gasteiger partial charge in [0.15, 0.2) is 0 Å². The van der Waals surface area contributed by atoms with Gasteiger partial charge in [0, 0.05) is 18.0 Å². The molecule has 2 aromatic heterocycles. The lowest BCUT2D eigenvalue weighted by molar-refractivity contribution is 0.568. The van der Waals surface area contributed by atoms with E-state index in [-0.39, 0.29) is 16.9 Å². The first-order valence-corrected chi connectivity index (χ1v) is 7.61. The monoisotopic (exact) mass is 310 g/mol. The number of aromatic nitrogens is 3. The van der Waals surface area contributed by atoms with Crippen molar-refractivity contribution in [1.82, 2.24) is 14.5 Å². The molecule has 1 aliphatic rings. The van der Waals surface area contributed by atoms with Crippen molar-refractivity contribution in [2.45, 2.75) is 11.3 Å². The van der Waals surface area contributed by atoms with Crippen molar-refractivity contribution < 1.29 is 0 Å². The van der Waals surface area contributed by atoms with Crippen LogP contribution in [0.3, 0.4) is 0 Å². The van der Waals surface area contributed by atoms with Crippen LogP contribution in [0.25, 0.3) is 11.0 Å². The fraction of sp³-hybridized carbons (Fsp3) is 0.188. The van der Waals surface area contributed by atoms with Gasteiger partial charge in [0.1, 0.15) is 5.65 Å². The summed E-state index contributed by atoms with van der Waals surface area (Å²) in [7, 11) is 0. The van der Waals surface area contributed by atoms with Gasteiger partial charge in [-0.2, -0.15) is 17.6 Å². The Kier molecular flexibility index (Phi) is 3.11. The molecule has 6 heteroatoms. The van der Waals surface area contributed by atoms with Crippen LogP contribution in [0.2, 0.25) is 0 Å². The third-order valence-electron chi connectivity index (χ3n) is 3.99. The van der Waals surface area contributed by atoms with Gasteiger partial charge in [-0.1, -0.05) is 30.3 Å². The molecule has 110 valence electrons. The van der Waals surface area contributed by atoms with Gasteiger partial charge >= 0.3 is 0 Å². The molecule has 1 N–H and O–H groups in total. The number of nitrogens with one attached hydrogen (secondary N) is 1. The topological polar surface area (TPSA) is 59.8 Å². The maximum absolute atomic E-state index is 12.1. The van der Waals surface area contributed by atoms with Gasteiger partial charge in [0.25, 0.3) is 5.56 Å². The molecule has 3 aromatic rings. The van der Waals surface area contributed by atoms with E-state index in [0.717, 1.165) is 5.56 Å². The average Bonchev–Trinajstić information content (AvgIpc) is 2.99. The highest BCUT2D eigenvalue weighted by atomic mass is 32.1. The number of hydrogen-bond acceptors (Lipinski definition) is 5. The highest BCUT2D eigenvalue weighted by Crippen LogP contribution is 2.38. The predicted octanol–water partition coefficient (Wildman–Crippen LogP) is 2.43. The Morgan fingerprint density at radius 3 is 2.86 bits per heavy atom. The van der Waals surface area contributed by atoms with E-state index >= 15 is 0 Å². The fourth-order valence-corrected chi connectivity index (χ4v) is 3.33. The molecule has 2 unspecified atom stereocenters. The van der Waals surface area contributed by atoms with Crippen LogP contribution in [-0.2, 0) is 0 Å². The quantitative estimate of drug-likeness (QED) is 0.714. The van der Waals surface area contributed by atoms with E-state index in [4.69, 9.17) is 12.6 Å². The van der Waals surface area contributed by atoms with Crippen molar-refractivity contribution in [2.75, 3.05) is 11.9 Å². The molecule has 2 atom stereocenters. The molecule has 0 bridgehead atoms. The van der Waals surface area contributed by atoms with E-state index in [1.165, 1.54) is 0 Å². The fourth-order valence-electron chi connectivity index (χ4n) is 2.92. The second kappa shape index (κ2) is 5.14. The maximum Gasteiger partial charge on any atom is 0.283 e. The van der Waals surface area contributed by atoms with E-state index in [0.29, 0.717) is 23.5 Å². The Morgan fingerprint density at radius 2 is 2.05 bits per heavy atom. The first kappa shape index (κ1) is 13.3. The van der Waals surface area contributed by atoms with Gasteiger partial charge in [-0.25, -0.2) is 4.98 Å². The summed E-state index contributed by atoms with van der Waals surface area (Å²) in [6, 6.07) is 13.7. The first-order chi connectivity index (χ1) is 10.8. The van der Waals surface area contributed by atoms with Crippen molar-refractivity contribution in [3.05, 3.63) is 64.6 Å². The second-order valence-electron chi connectivity index (χ2n) is 5.29. The van der Waals surface area contributed by atoms with Crippen molar-refractivity contribution in [3.63, 3.8) is 0 Å². The molecule has 0 aliphatic carbocycles. The number of fused-ring (bicyclic) bond motifs is 3. The molecule has 0 fully saturated rings. The van der Waals surface area contributed by atoms with Crippen LogP contribution in [0.15, 0.2) is 53.5 Å². The van der Waals surface area contributed by atoms with Crippen molar-refractivity contribution in [1.29, 1.82) is 0 Å². The van der Waals surface area contributed by atoms with E-state index in [1.807, 2.05) is 22.8 Å². The Bertz CT molecular complexity index is 894. The van der Waals surface area contributed by atoms with E-state index in [2.05, 4.69) is 27.4 Å². The maximum atomic E-state index is 12.1. The van der Waals surface area contributed by atoms with E-state index in [1.54, 1.807) is 18.3 Å². The average molecular weight is 310 g/mol. The van der Waals surface area contributed by atoms with Gasteiger partial charge in [-0.15, -0.1) is 0 Å². The molecular weight excluding hydrogens is 296 g/mol. The van der Waals surface area contributed by atoms with Gasteiger partial charge in [-0.05, 0) is 17.7 Å². The lowest BCUT2D eigenvalue weighted by atomic mass is 10.1. The minimum Gasteiger partial charge on any atom is -0.353 e. The number of thiol groups is 1. The van der Waals surface area contributed by atoms with Crippen molar-refractivity contribution in [2.24, 2.45) is 0 Å². The SMILES string of the molecule is O=c1nc2n(c3ncccc13)C(C(S)c1ccccc1)CN2. The smallest absolute Gasteiger partial charge is 0.283 e. The van der Waals surface area contributed by atoms with Crippen LogP contribution < -0.4 is 10.9 Å². The van der Waals surface area contributed by atoms with Gasteiger partial charge in [0.2, 0.25) is 5.95 Å². The van der Waals surface area contributed by atoms with Crippen LogP contribution in [-0.4, -0.2) is 21.1 Å². The standard InChI is InChI=1S/C16H14N4OS/c21-15-11-7-4-8-17-14(11)20-12(9-18-16(20)19-15)13(22)10-5-2-1-3-6-10/h1-8,12-13,22H,9H2,(H,18,19,21). The van der Waals surface area contributed by atoms with Crippen LogP contribution >= 0.6 is 12.6 Å². The molecule has 0 amide bonds. The molecule has 4 rings (SSSR count). The summed E-state index contributed by atoms with van der Waals surface area (Å²) in [5.74, 6) is 0.566. The molecule has 0 saturated carbocycles. The van der Waals surface area contributed by atoms with Gasteiger partial charge in [0.05, 0.1) is 11.4 Å².